The van der Waals surface area contributed by atoms with E-state index in [1.165, 1.54) is 11.1 Å². The van der Waals surface area contributed by atoms with Crippen molar-refractivity contribution in [3.05, 3.63) is 70.3 Å². The average Bonchev–Trinajstić information content (AvgIpc) is 3.06. The number of fused-ring (bicyclic) bond motifs is 4. The van der Waals surface area contributed by atoms with Crippen molar-refractivity contribution in [2.75, 3.05) is 38.3 Å². The second-order valence-corrected chi connectivity index (χ2v) is 13.5. The number of nitrogens with one attached hydrogen (secondary N) is 2. The molecule has 2 aliphatic heterocycles. The van der Waals surface area contributed by atoms with Crippen LogP contribution in [0.25, 0.3) is 0 Å². The average molecular weight is 586 g/mol. The Kier molecular flexibility index (Phi) is 7.59. The number of hydrogen-bond acceptors (Lipinski definition) is 6. The molecule has 1 fully saturated rings. The summed E-state index contributed by atoms with van der Waals surface area (Å²) in [6.45, 7) is 2.23. The lowest BCUT2D eigenvalue weighted by atomic mass is 9.68. The van der Waals surface area contributed by atoms with Gasteiger partial charge in [0.1, 0.15) is 5.75 Å². The molecule has 0 radical (unpaired) electrons. The Morgan fingerprint density at radius 2 is 2.05 bits per heavy atom. The SMILES string of the molecule is CO[C@H]1/C=C\CCNS(=O)(=O)NC(=O)c2ccc3c(c2)N(C[C@@H]2CC[C@H]21)C[C@@]1(CCCc2cc(Cl)ccc21)CO3. The molecule has 6 rings (SSSR count). The van der Waals surface area contributed by atoms with Gasteiger partial charge >= 0.3 is 10.2 Å². The Balaban J connectivity index is 1.42. The van der Waals surface area contributed by atoms with E-state index in [1.807, 2.05) is 12.1 Å². The molecule has 10 heteroatoms. The molecular formula is C30H36ClN3O5S. The largest absolute Gasteiger partial charge is 0.490 e. The zero-order valence-electron chi connectivity index (χ0n) is 22.7. The number of amides is 1. The number of ether oxygens (including phenoxy) is 2. The zero-order valence-corrected chi connectivity index (χ0v) is 24.3. The van der Waals surface area contributed by atoms with Gasteiger partial charge in [-0.15, -0.1) is 0 Å². The normalized spacial score (nSPS) is 30.6. The maximum absolute atomic E-state index is 13.1. The summed E-state index contributed by atoms with van der Waals surface area (Å²) in [5.41, 5.74) is 3.41. The summed E-state index contributed by atoms with van der Waals surface area (Å²) < 4.78 is 42.1. The fourth-order valence-corrected chi connectivity index (χ4v) is 7.93. The van der Waals surface area contributed by atoms with Crippen molar-refractivity contribution in [3.63, 3.8) is 0 Å². The Bertz CT molecular complexity index is 1430. The number of rotatable bonds is 1. The topological polar surface area (TPSA) is 97.0 Å². The van der Waals surface area contributed by atoms with Crippen molar-refractivity contribution < 1.29 is 22.7 Å². The summed E-state index contributed by atoms with van der Waals surface area (Å²) in [6.07, 6.45) is 9.67. The van der Waals surface area contributed by atoms with E-state index in [2.05, 4.69) is 32.6 Å². The summed E-state index contributed by atoms with van der Waals surface area (Å²) in [7, 11) is -2.27. The molecule has 2 N–H and O–H groups in total. The first-order valence-corrected chi connectivity index (χ1v) is 15.9. The highest BCUT2D eigenvalue weighted by molar-refractivity contribution is 7.88. The van der Waals surface area contributed by atoms with Crippen LogP contribution in [0.15, 0.2) is 48.6 Å². The molecule has 4 atom stereocenters. The fourth-order valence-electron chi connectivity index (χ4n) is 6.91. The van der Waals surface area contributed by atoms with Gasteiger partial charge in [-0.05, 0) is 91.8 Å². The van der Waals surface area contributed by atoms with Gasteiger partial charge < -0.3 is 14.4 Å². The van der Waals surface area contributed by atoms with Gasteiger partial charge in [-0.1, -0.05) is 29.8 Å². The van der Waals surface area contributed by atoms with E-state index in [0.29, 0.717) is 30.6 Å². The lowest BCUT2D eigenvalue weighted by Crippen LogP contribution is -2.49. The number of hydrogen-bond donors (Lipinski definition) is 2. The first-order chi connectivity index (χ1) is 19.3. The van der Waals surface area contributed by atoms with Gasteiger partial charge in [0.05, 0.1) is 18.4 Å². The standard InChI is InChI=1S/C30H36ClN3O5S/c1-38-27-6-2-3-14-32-40(36,37)33-29(35)21-8-12-28-26(16-21)34(17-22-7-10-24(22)27)18-30(19-39-28)13-4-5-20-15-23(31)9-11-25(20)30/h2,6,8-9,11-12,15-16,22,24,27,32H,3-5,7,10,13-14,17-19H2,1H3,(H,33,35)/b6-2-/t22-,24+,27-,30-/m0/s1. The van der Waals surface area contributed by atoms with Crippen LogP contribution in [0.3, 0.4) is 0 Å². The van der Waals surface area contributed by atoms with Crippen molar-refractivity contribution in [1.82, 2.24) is 9.44 Å². The minimum atomic E-state index is -4.01. The molecule has 40 heavy (non-hydrogen) atoms. The molecule has 214 valence electrons. The van der Waals surface area contributed by atoms with E-state index >= 15 is 0 Å². The number of benzene rings is 2. The highest BCUT2D eigenvalue weighted by Gasteiger charge is 2.44. The van der Waals surface area contributed by atoms with E-state index in [1.54, 1.807) is 25.3 Å². The zero-order chi connectivity index (χ0) is 27.9. The van der Waals surface area contributed by atoms with Crippen LogP contribution >= 0.6 is 11.6 Å². The monoisotopic (exact) mass is 585 g/mol. The summed E-state index contributed by atoms with van der Waals surface area (Å²) in [5.74, 6) is 0.805. The summed E-state index contributed by atoms with van der Waals surface area (Å²) in [5, 5.41) is 0.745. The third-order valence-corrected chi connectivity index (χ3v) is 10.4. The van der Waals surface area contributed by atoms with E-state index in [9.17, 15) is 13.2 Å². The lowest BCUT2D eigenvalue weighted by Gasteiger charge is -2.46. The van der Waals surface area contributed by atoms with Crippen molar-refractivity contribution in [3.8, 4) is 5.75 Å². The molecule has 1 saturated carbocycles. The number of carbonyl (C=O) groups is 1. The van der Waals surface area contributed by atoms with Gasteiger partial charge in [0, 0.05) is 42.7 Å². The van der Waals surface area contributed by atoms with Crippen molar-refractivity contribution in [2.24, 2.45) is 11.8 Å². The maximum atomic E-state index is 13.1. The predicted molar refractivity (Wildman–Crippen MR) is 155 cm³/mol. The minimum Gasteiger partial charge on any atom is -0.490 e. The Hall–Kier alpha value is -2.59. The number of halogens is 1. The smallest absolute Gasteiger partial charge is 0.301 e. The van der Waals surface area contributed by atoms with Gasteiger partial charge in [0.15, 0.2) is 0 Å². The number of carbonyl (C=O) groups excluding carboxylic acids is 1. The summed E-state index contributed by atoms with van der Waals surface area (Å²) in [6, 6.07) is 11.4. The van der Waals surface area contributed by atoms with Crippen LogP contribution in [-0.2, 0) is 26.8 Å². The van der Waals surface area contributed by atoms with Crippen LogP contribution in [0.2, 0.25) is 5.02 Å². The maximum Gasteiger partial charge on any atom is 0.301 e. The number of aryl methyl sites for hydroxylation is 1. The first-order valence-electron chi connectivity index (χ1n) is 14.1. The number of anilines is 1. The highest BCUT2D eigenvalue weighted by atomic mass is 35.5. The number of methoxy groups -OCH3 is 1. The van der Waals surface area contributed by atoms with Gasteiger partial charge in [0.25, 0.3) is 5.91 Å². The van der Waals surface area contributed by atoms with E-state index in [4.69, 9.17) is 21.1 Å². The molecule has 0 unspecified atom stereocenters. The molecule has 1 spiro atoms. The van der Waals surface area contributed by atoms with Gasteiger partial charge in [-0.3, -0.25) is 4.79 Å². The van der Waals surface area contributed by atoms with Crippen LogP contribution in [0.4, 0.5) is 5.69 Å². The molecular weight excluding hydrogens is 550 g/mol. The second-order valence-electron chi connectivity index (χ2n) is 11.5. The van der Waals surface area contributed by atoms with Crippen LogP contribution in [0.1, 0.15) is 53.6 Å². The molecule has 2 aromatic carbocycles. The molecule has 2 aliphatic carbocycles. The van der Waals surface area contributed by atoms with Crippen LogP contribution in [-0.4, -0.2) is 53.8 Å². The van der Waals surface area contributed by atoms with Crippen LogP contribution in [0.5, 0.6) is 5.75 Å². The number of nitrogens with zero attached hydrogens (tertiary/aromatic N) is 1. The van der Waals surface area contributed by atoms with Crippen LogP contribution < -0.4 is 19.1 Å². The van der Waals surface area contributed by atoms with Gasteiger partial charge in [-0.2, -0.15) is 13.1 Å². The molecule has 2 heterocycles. The molecule has 1 amide bonds. The molecule has 2 bridgehead atoms. The first kappa shape index (κ1) is 27.6. The molecule has 0 aromatic heterocycles. The van der Waals surface area contributed by atoms with Crippen molar-refractivity contribution in [2.45, 2.75) is 50.0 Å². The molecule has 2 aromatic rings. The van der Waals surface area contributed by atoms with Gasteiger partial charge in [-0.25, -0.2) is 4.72 Å². The summed E-state index contributed by atoms with van der Waals surface area (Å²) >= 11 is 6.38. The Morgan fingerprint density at radius 3 is 2.85 bits per heavy atom. The molecule has 0 saturated heterocycles. The quantitative estimate of drug-likeness (QED) is 0.482. The Labute approximate surface area is 241 Å². The predicted octanol–water partition coefficient (Wildman–Crippen LogP) is 4.38. The highest BCUT2D eigenvalue weighted by Crippen LogP contribution is 2.47. The van der Waals surface area contributed by atoms with E-state index in [-0.39, 0.29) is 23.6 Å². The van der Waals surface area contributed by atoms with Crippen molar-refractivity contribution in [1.29, 1.82) is 0 Å². The van der Waals surface area contributed by atoms with E-state index < -0.39 is 16.1 Å². The molecule has 4 aliphatic rings. The third kappa shape index (κ3) is 5.36. The molecule has 8 nitrogen and oxygen atoms in total. The van der Waals surface area contributed by atoms with E-state index in [0.717, 1.165) is 55.9 Å². The minimum absolute atomic E-state index is 0.0384. The Morgan fingerprint density at radius 1 is 1.18 bits per heavy atom. The summed E-state index contributed by atoms with van der Waals surface area (Å²) in [4.78, 5) is 15.4. The van der Waals surface area contributed by atoms with Gasteiger partial charge in [0.2, 0.25) is 0 Å². The lowest BCUT2D eigenvalue weighted by molar-refractivity contribution is 0.0132. The third-order valence-electron chi connectivity index (χ3n) is 9.08. The fraction of sp³-hybridized carbons (Fsp3) is 0.500. The van der Waals surface area contributed by atoms with Crippen molar-refractivity contribution >= 4 is 33.4 Å². The second kappa shape index (κ2) is 11.0. The van der Waals surface area contributed by atoms with Crippen LogP contribution in [0, 0.1) is 11.8 Å².